The van der Waals surface area contributed by atoms with Crippen LogP contribution in [-0.2, 0) is 4.79 Å². The first kappa shape index (κ1) is 16.6. The van der Waals surface area contributed by atoms with Gasteiger partial charge in [0.25, 0.3) is 5.91 Å². The maximum atomic E-state index is 12.3. The van der Waals surface area contributed by atoms with Crippen molar-refractivity contribution in [1.82, 2.24) is 10.2 Å². The molecule has 0 aliphatic carbocycles. The van der Waals surface area contributed by atoms with Gasteiger partial charge in [0.1, 0.15) is 0 Å². The number of hydrogen-bond acceptors (Lipinski definition) is 4. The summed E-state index contributed by atoms with van der Waals surface area (Å²) in [4.78, 5) is 14.2. The van der Waals surface area contributed by atoms with Gasteiger partial charge in [-0.25, -0.2) is 0 Å². The van der Waals surface area contributed by atoms with Crippen LogP contribution < -0.4 is 14.8 Å². The molecule has 0 saturated carbocycles. The SMILES string of the molecule is CNC[C@H]1CCCN(C(=O)COc2ccc(C)cc2OC)C1. The van der Waals surface area contributed by atoms with E-state index in [-0.39, 0.29) is 12.5 Å². The Morgan fingerprint density at radius 2 is 2.23 bits per heavy atom. The molecular weight excluding hydrogens is 280 g/mol. The Morgan fingerprint density at radius 3 is 2.95 bits per heavy atom. The van der Waals surface area contributed by atoms with E-state index in [1.807, 2.05) is 37.1 Å². The number of nitrogens with zero attached hydrogens (tertiary/aromatic N) is 1. The van der Waals surface area contributed by atoms with Crippen molar-refractivity contribution in [2.45, 2.75) is 19.8 Å². The number of amides is 1. The molecule has 1 saturated heterocycles. The third kappa shape index (κ3) is 4.37. The third-order valence-corrected chi connectivity index (χ3v) is 4.03. The molecule has 1 aliphatic heterocycles. The number of carbonyl (C=O) groups is 1. The standard InChI is InChI=1S/C17H26N2O3/c1-13-6-7-15(16(9-13)21-3)22-12-17(20)19-8-4-5-14(11-19)10-18-2/h6-7,9,14,18H,4-5,8,10-12H2,1-3H3/t14-/m1/s1. The zero-order valence-corrected chi connectivity index (χ0v) is 13.7. The molecule has 1 fully saturated rings. The zero-order valence-electron chi connectivity index (χ0n) is 13.7. The Bertz CT molecular complexity index is 503. The van der Waals surface area contributed by atoms with Gasteiger partial charge >= 0.3 is 0 Å². The number of methoxy groups -OCH3 is 1. The summed E-state index contributed by atoms with van der Waals surface area (Å²) in [6.45, 7) is 4.65. The first-order valence-corrected chi connectivity index (χ1v) is 7.84. The van der Waals surface area contributed by atoms with Gasteiger partial charge in [0.05, 0.1) is 7.11 Å². The maximum absolute atomic E-state index is 12.3. The minimum atomic E-state index is 0.0448. The normalized spacial score (nSPS) is 18.1. The molecule has 1 heterocycles. The number of piperidine rings is 1. The van der Waals surface area contributed by atoms with Crippen LogP contribution in [0.25, 0.3) is 0 Å². The molecule has 0 spiro atoms. The lowest BCUT2D eigenvalue weighted by atomic mass is 9.98. The Kier molecular flexibility index (Phi) is 6.07. The van der Waals surface area contributed by atoms with E-state index in [4.69, 9.17) is 9.47 Å². The average Bonchev–Trinajstić information content (AvgIpc) is 2.54. The van der Waals surface area contributed by atoms with Gasteiger partial charge in [0.15, 0.2) is 18.1 Å². The van der Waals surface area contributed by atoms with Crippen molar-refractivity contribution >= 4 is 5.91 Å². The molecule has 0 bridgehead atoms. The zero-order chi connectivity index (χ0) is 15.9. The molecule has 2 rings (SSSR count). The third-order valence-electron chi connectivity index (χ3n) is 4.03. The summed E-state index contributed by atoms with van der Waals surface area (Å²) in [5.41, 5.74) is 1.10. The number of nitrogens with one attached hydrogen (secondary N) is 1. The predicted molar refractivity (Wildman–Crippen MR) is 86.5 cm³/mol. The summed E-state index contributed by atoms with van der Waals surface area (Å²) < 4.78 is 11.0. The number of hydrogen-bond donors (Lipinski definition) is 1. The molecule has 122 valence electrons. The summed E-state index contributed by atoms with van der Waals surface area (Å²) in [5, 5.41) is 3.19. The van der Waals surface area contributed by atoms with Crippen molar-refractivity contribution in [3.05, 3.63) is 23.8 Å². The molecule has 5 nitrogen and oxygen atoms in total. The molecule has 1 atom stereocenters. The van der Waals surface area contributed by atoms with Gasteiger partial charge in [-0.3, -0.25) is 4.79 Å². The fourth-order valence-electron chi connectivity index (χ4n) is 2.87. The number of carbonyl (C=O) groups excluding carboxylic acids is 1. The van der Waals surface area contributed by atoms with Gasteiger partial charge in [-0.15, -0.1) is 0 Å². The highest BCUT2D eigenvalue weighted by molar-refractivity contribution is 5.78. The van der Waals surface area contributed by atoms with E-state index in [0.717, 1.165) is 31.6 Å². The molecule has 0 aromatic heterocycles. The molecule has 1 aromatic carbocycles. The fourth-order valence-corrected chi connectivity index (χ4v) is 2.87. The van der Waals surface area contributed by atoms with E-state index in [0.29, 0.717) is 17.4 Å². The smallest absolute Gasteiger partial charge is 0.260 e. The lowest BCUT2D eigenvalue weighted by Crippen LogP contribution is -2.44. The second-order valence-corrected chi connectivity index (χ2v) is 5.85. The van der Waals surface area contributed by atoms with E-state index in [1.165, 1.54) is 6.42 Å². The van der Waals surface area contributed by atoms with Gasteiger partial charge in [-0.2, -0.15) is 0 Å². The Morgan fingerprint density at radius 1 is 1.41 bits per heavy atom. The number of benzene rings is 1. The highest BCUT2D eigenvalue weighted by Crippen LogP contribution is 2.27. The molecule has 5 heteroatoms. The Hall–Kier alpha value is -1.75. The maximum Gasteiger partial charge on any atom is 0.260 e. The van der Waals surface area contributed by atoms with Crippen LogP contribution in [0.4, 0.5) is 0 Å². The minimum Gasteiger partial charge on any atom is -0.493 e. The van der Waals surface area contributed by atoms with Crippen LogP contribution in [0.2, 0.25) is 0 Å². The summed E-state index contributed by atoms with van der Waals surface area (Å²) >= 11 is 0. The van der Waals surface area contributed by atoms with Gasteiger partial charge in [0.2, 0.25) is 0 Å². The van der Waals surface area contributed by atoms with Crippen LogP contribution in [0, 0.1) is 12.8 Å². The van der Waals surface area contributed by atoms with E-state index in [2.05, 4.69) is 5.32 Å². The lowest BCUT2D eigenvalue weighted by Gasteiger charge is -2.32. The molecule has 0 unspecified atom stereocenters. The van der Waals surface area contributed by atoms with Crippen molar-refractivity contribution < 1.29 is 14.3 Å². The summed E-state index contributed by atoms with van der Waals surface area (Å²) in [6.07, 6.45) is 2.24. The van der Waals surface area contributed by atoms with Crippen molar-refractivity contribution in [3.63, 3.8) is 0 Å². The van der Waals surface area contributed by atoms with Gasteiger partial charge in [-0.1, -0.05) is 6.07 Å². The molecular formula is C17H26N2O3. The molecule has 0 radical (unpaired) electrons. The predicted octanol–water partition coefficient (Wildman–Crippen LogP) is 1.84. The molecule has 1 aromatic rings. The summed E-state index contributed by atoms with van der Waals surface area (Å²) in [6, 6.07) is 5.71. The van der Waals surface area contributed by atoms with Crippen LogP contribution in [0.3, 0.4) is 0 Å². The molecule has 1 aliphatic rings. The highest BCUT2D eigenvalue weighted by atomic mass is 16.5. The van der Waals surface area contributed by atoms with Crippen LogP contribution >= 0.6 is 0 Å². The fraction of sp³-hybridized carbons (Fsp3) is 0.588. The van der Waals surface area contributed by atoms with Crippen molar-refractivity contribution in [2.24, 2.45) is 5.92 Å². The second-order valence-electron chi connectivity index (χ2n) is 5.85. The second kappa shape index (κ2) is 8.03. The van der Waals surface area contributed by atoms with Crippen LogP contribution in [-0.4, -0.2) is 51.2 Å². The minimum absolute atomic E-state index is 0.0448. The monoisotopic (exact) mass is 306 g/mol. The van der Waals surface area contributed by atoms with E-state index in [1.54, 1.807) is 7.11 Å². The van der Waals surface area contributed by atoms with E-state index >= 15 is 0 Å². The number of aryl methyl sites for hydroxylation is 1. The first-order valence-electron chi connectivity index (χ1n) is 7.84. The summed E-state index contributed by atoms with van der Waals surface area (Å²) in [5.74, 6) is 1.87. The van der Waals surface area contributed by atoms with Crippen LogP contribution in [0.15, 0.2) is 18.2 Å². The molecule has 22 heavy (non-hydrogen) atoms. The average molecular weight is 306 g/mol. The summed E-state index contributed by atoms with van der Waals surface area (Å²) in [7, 11) is 3.56. The largest absolute Gasteiger partial charge is 0.493 e. The van der Waals surface area contributed by atoms with Gasteiger partial charge in [-0.05, 0) is 57.0 Å². The van der Waals surface area contributed by atoms with Crippen molar-refractivity contribution in [1.29, 1.82) is 0 Å². The molecule has 1 N–H and O–H groups in total. The topological polar surface area (TPSA) is 50.8 Å². The highest BCUT2D eigenvalue weighted by Gasteiger charge is 2.23. The van der Waals surface area contributed by atoms with Gasteiger partial charge < -0.3 is 19.7 Å². The van der Waals surface area contributed by atoms with E-state index in [9.17, 15) is 4.79 Å². The quantitative estimate of drug-likeness (QED) is 0.871. The van der Waals surface area contributed by atoms with E-state index < -0.39 is 0 Å². The van der Waals surface area contributed by atoms with Gasteiger partial charge in [0, 0.05) is 13.1 Å². The number of ether oxygens (including phenoxy) is 2. The number of likely N-dealkylation sites (tertiary alicyclic amines) is 1. The molecule has 1 amide bonds. The Labute approximate surface area is 132 Å². The first-order chi connectivity index (χ1) is 10.6. The van der Waals surface area contributed by atoms with Crippen molar-refractivity contribution in [3.8, 4) is 11.5 Å². The Balaban J connectivity index is 1.89. The van der Waals surface area contributed by atoms with Crippen molar-refractivity contribution in [2.75, 3.05) is 40.4 Å². The van der Waals surface area contributed by atoms with Crippen LogP contribution in [0.5, 0.6) is 11.5 Å². The lowest BCUT2D eigenvalue weighted by molar-refractivity contribution is -0.135. The van der Waals surface area contributed by atoms with Crippen LogP contribution in [0.1, 0.15) is 18.4 Å². The number of rotatable bonds is 6.